The van der Waals surface area contributed by atoms with Crippen LogP contribution in [-0.4, -0.2) is 0 Å². The molecule has 0 heterocycles. The fourth-order valence-electron chi connectivity index (χ4n) is 0.384. The molecule has 0 aliphatic carbocycles. The zero-order valence-electron chi connectivity index (χ0n) is 5.15. The van der Waals surface area contributed by atoms with Gasteiger partial charge in [0.15, 0.2) is 0 Å². The maximum atomic E-state index is 11.5. The molecule has 0 radical (unpaired) electrons. The van der Waals surface area contributed by atoms with E-state index in [0.29, 0.717) is 6.33 Å². The Labute approximate surface area is 49.7 Å². The van der Waals surface area contributed by atoms with Gasteiger partial charge in [0.05, 0.1) is 6.33 Å². The minimum absolute atomic E-state index is 0.642. The topological polar surface area (TPSA) is 0 Å². The van der Waals surface area contributed by atoms with Crippen LogP contribution in [0.2, 0.25) is 0 Å². The van der Waals surface area contributed by atoms with Crippen LogP contribution in [0.15, 0.2) is 24.6 Å². The highest BCUT2D eigenvalue weighted by Gasteiger charge is 1.83. The van der Waals surface area contributed by atoms with Crippen molar-refractivity contribution in [2.75, 3.05) is 0 Å². The molecule has 0 rings (SSSR count). The van der Waals surface area contributed by atoms with Crippen molar-refractivity contribution in [2.45, 2.75) is 19.8 Å². The molecule has 0 unspecified atom stereocenters. The molecular formula is C7H11F. The third kappa shape index (κ3) is 3.59. The zero-order valence-corrected chi connectivity index (χ0v) is 5.15. The van der Waals surface area contributed by atoms with Crippen LogP contribution in [0.4, 0.5) is 4.39 Å². The second-order valence-corrected chi connectivity index (χ2v) is 1.78. The van der Waals surface area contributed by atoms with Gasteiger partial charge in [-0.2, -0.15) is 0 Å². The second kappa shape index (κ2) is 4.57. The molecule has 0 bridgehead atoms. The molecule has 46 valence electrons. The molecule has 0 aliphatic rings. The number of halogens is 1. The fourth-order valence-corrected chi connectivity index (χ4v) is 0.384. The van der Waals surface area contributed by atoms with Crippen molar-refractivity contribution in [3.63, 3.8) is 0 Å². The van der Waals surface area contributed by atoms with E-state index in [2.05, 4.69) is 6.58 Å². The summed E-state index contributed by atoms with van der Waals surface area (Å²) in [4.78, 5) is 0. The van der Waals surface area contributed by atoms with Gasteiger partial charge in [-0.25, -0.2) is 4.39 Å². The van der Waals surface area contributed by atoms with E-state index in [1.54, 1.807) is 13.0 Å². The maximum Gasteiger partial charge on any atom is 0.0856 e. The van der Waals surface area contributed by atoms with Crippen LogP contribution >= 0.6 is 0 Å². The Morgan fingerprint density at radius 3 is 2.75 bits per heavy atom. The summed E-state index contributed by atoms with van der Waals surface area (Å²) >= 11 is 0. The van der Waals surface area contributed by atoms with Crippen molar-refractivity contribution in [1.82, 2.24) is 0 Å². The number of rotatable bonds is 3. The molecule has 0 N–H and O–H groups in total. The van der Waals surface area contributed by atoms with Crippen LogP contribution in [-0.2, 0) is 0 Å². The molecule has 0 aliphatic heterocycles. The number of allylic oxidation sites excluding steroid dienone is 2. The van der Waals surface area contributed by atoms with Gasteiger partial charge in [0.1, 0.15) is 0 Å². The molecule has 0 amide bonds. The number of hydrogen-bond donors (Lipinski definition) is 0. The lowest BCUT2D eigenvalue weighted by atomic mass is 10.2. The van der Waals surface area contributed by atoms with Crippen molar-refractivity contribution < 1.29 is 4.39 Å². The molecule has 1 heteroatoms. The molecule has 0 aromatic rings. The Hall–Kier alpha value is -0.590. The molecule has 0 atom stereocenters. The summed E-state index contributed by atoms with van der Waals surface area (Å²) in [6, 6.07) is 0. The molecule has 8 heavy (non-hydrogen) atoms. The van der Waals surface area contributed by atoms with E-state index >= 15 is 0 Å². The smallest absolute Gasteiger partial charge is 0.0856 e. The quantitative estimate of drug-likeness (QED) is 0.495. The van der Waals surface area contributed by atoms with Gasteiger partial charge in [0.2, 0.25) is 0 Å². The summed E-state index contributed by atoms with van der Waals surface area (Å²) in [6.45, 7) is 5.28. The van der Waals surface area contributed by atoms with Crippen LogP contribution in [0.3, 0.4) is 0 Å². The van der Waals surface area contributed by atoms with Gasteiger partial charge in [-0.05, 0) is 25.3 Å². The highest BCUT2D eigenvalue weighted by molar-refractivity contribution is 4.93. The van der Waals surface area contributed by atoms with E-state index in [1.807, 2.05) is 0 Å². The van der Waals surface area contributed by atoms with Crippen molar-refractivity contribution in [2.24, 2.45) is 0 Å². The Morgan fingerprint density at radius 2 is 2.38 bits per heavy atom. The largest absolute Gasteiger partial charge is 0.216 e. The molecule has 0 saturated carbocycles. The fraction of sp³-hybridized carbons (Fsp3) is 0.429. The van der Waals surface area contributed by atoms with E-state index in [-0.39, 0.29) is 0 Å². The molecule has 0 saturated heterocycles. The highest BCUT2D eigenvalue weighted by atomic mass is 19.1. The first-order valence-corrected chi connectivity index (χ1v) is 2.68. The highest BCUT2D eigenvalue weighted by Crippen LogP contribution is 2.02. The Balaban J connectivity index is 3.24. The monoisotopic (exact) mass is 114 g/mol. The summed E-state index contributed by atoms with van der Waals surface area (Å²) in [7, 11) is 0. The standard InChI is InChI=1S/C7H11F/c1-3-4-5-7(2)6-8/h3,6H,1,4-5H2,2H3/b7-6+. The molecule has 0 aromatic carbocycles. The minimum Gasteiger partial charge on any atom is -0.216 e. The zero-order chi connectivity index (χ0) is 6.41. The first kappa shape index (κ1) is 7.41. The van der Waals surface area contributed by atoms with Crippen LogP contribution in [0, 0.1) is 0 Å². The van der Waals surface area contributed by atoms with Crippen molar-refractivity contribution in [3.05, 3.63) is 24.6 Å². The van der Waals surface area contributed by atoms with Gasteiger partial charge in [-0.3, -0.25) is 0 Å². The third-order valence-corrected chi connectivity index (χ3v) is 0.929. The van der Waals surface area contributed by atoms with E-state index in [1.165, 1.54) is 0 Å². The first-order chi connectivity index (χ1) is 3.81. The lowest BCUT2D eigenvalue weighted by Crippen LogP contribution is -1.71. The van der Waals surface area contributed by atoms with Gasteiger partial charge < -0.3 is 0 Å². The van der Waals surface area contributed by atoms with Gasteiger partial charge in [0.25, 0.3) is 0 Å². The summed E-state index contributed by atoms with van der Waals surface area (Å²) in [5.74, 6) is 0. The normalized spacial score (nSPS) is 11.5. The molecule has 0 nitrogen and oxygen atoms in total. The van der Waals surface area contributed by atoms with Gasteiger partial charge >= 0.3 is 0 Å². The summed E-state index contributed by atoms with van der Waals surface area (Å²) in [5.41, 5.74) is 0.782. The average molecular weight is 114 g/mol. The van der Waals surface area contributed by atoms with E-state index in [9.17, 15) is 4.39 Å². The SMILES string of the molecule is C=CCC/C(C)=C/F. The predicted octanol–water partition coefficient (Wildman–Crippen LogP) is 2.83. The van der Waals surface area contributed by atoms with Crippen LogP contribution in [0.5, 0.6) is 0 Å². The lowest BCUT2D eigenvalue weighted by molar-refractivity contribution is 0.699. The van der Waals surface area contributed by atoms with E-state index in [4.69, 9.17) is 0 Å². The molecule has 0 fully saturated rings. The Morgan fingerprint density at radius 1 is 1.75 bits per heavy atom. The summed E-state index contributed by atoms with van der Waals surface area (Å²) < 4.78 is 11.5. The second-order valence-electron chi connectivity index (χ2n) is 1.78. The lowest BCUT2D eigenvalue weighted by Gasteiger charge is -1.90. The van der Waals surface area contributed by atoms with Gasteiger partial charge in [-0.15, -0.1) is 6.58 Å². The molecule has 0 spiro atoms. The van der Waals surface area contributed by atoms with Crippen LogP contribution < -0.4 is 0 Å². The summed E-state index contributed by atoms with van der Waals surface area (Å²) in [5, 5.41) is 0. The van der Waals surface area contributed by atoms with Crippen LogP contribution in [0.25, 0.3) is 0 Å². The average Bonchev–Trinajstić information content (AvgIpc) is 1.83. The van der Waals surface area contributed by atoms with Crippen LogP contribution in [0.1, 0.15) is 19.8 Å². The van der Waals surface area contributed by atoms with Gasteiger partial charge in [0, 0.05) is 0 Å². The Kier molecular flexibility index (Phi) is 4.23. The summed E-state index contributed by atoms with van der Waals surface area (Å²) in [6.07, 6.45) is 4.09. The van der Waals surface area contributed by atoms with Gasteiger partial charge in [-0.1, -0.05) is 6.08 Å². The van der Waals surface area contributed by atoms with Crippen molar-refractivity contribution in [3.8, 4) is 0 Å². The molecular weight excluding hydrogens is 103 g/mol. The predicted molar refractivity (Wildman–Crippen MR) is 34.3 cm³/mol. The maximum absolute atomic E-state index is 11.5. The third-order valence-electron chi connectivity index (χ3n) is 0.929. The molecule has 0 aromatic heterocycles. The Bertz CT molecular complexity index is 92.6. The minimum atomic E-state index is 0.642. The number of hydrogen-bond acceptors (Lipinski definition) is 0. The van der Waals surface area contributed by atoms with E-state index in [0.717, 1.165) is 18.4 Å². The van der Waals surface area contributed by atoms with Crippen molar-refractivity contribution in [1.29, 1.82) is 0 Å². The first-order valence-electron chi connectivity index (χ1n) is 2.68. The van der Waals surface area contributed by atoms with E-state index < -0.39 is 0 Å². The van der Waals surface area contributed by atoms with Crippen molar-refractivity contribution >= 4 is 0 Å².